The largest absolute Gasteiger partial charge is 0.354 e. The molecule has 21 heavy (non-hydrogen) atoms. The lowest BCUT2D eigenvalue weighted by Gasteiger charge is -2.12. The van der Waals surface area contributed by atoms with Gasteiger partial charge in [0.1, 0.15) is 5.82 Å². The Bertz CT molecular complexity index is 616. The molecule has 0 saturated heterocycles. The minimum absolute atomic E-state index is 0.618. The second kappa shape index (κ2) is 5.88. The number of imidazole rings is 1. The molecule has 0 radical (unpaired) electrons. The molecule has 0 amide bonds. The minimum atomic E-state index is 0.618. The molecular weight excluding hydrogens is 286 g/mol. The summed E-state index contributed by atoms with van der Waals surface area (Å²) in [6.07, 6.45) is 3.00. The number of anilines is 2. The van der Waals surface area contributed by atoms with E-state index in [1.807, 2.05) is 37.7 Å². The van der Waals surface area contributed by atoms with Gasteiger partial charge in [-0.25, -0.2) is 4.98 Å². The van der Waals surface area contributed by atoms with E-state index in [9.17, 15) is 0 Å². The highest BCUT2D eigenvalue weighted by Crippen LogP contribution is 2.24. The summed E-state index contributed by atoms with van der Waals surface area (Å²) in [5, 5.41) is 4.38. The second-order valence-corrected chi connectivity index (χ2v) is 6.20. The number of aryl methyl sites for hydroxylation is 2. The van der Waals surface area contributed by atoms with Crippen LogP contribution in [0.4, 0.5) is 11.9 Å². The first-order valence-corrected chi connectivity index (χ1v) is 7.93. The van der Waals surface area contributed by atoms with E-state index < -0.39 is 0 Å². The quantitative estimate of drug-likeness (QED) is 0.890. The average Bonchev–Trinajstić information content (AvgIpc) is 2.99. The van der Waals surface area contributed by atoms with Gasteiger partial charge in [0.15, 0.2) is 5.16 Å². The Hall–Kier alpha value is -1.83. The van der Waals surface area contributed by atoms with Crippen molar-refractivity contribution in [2.75, 3.05) is 36.6 Å². The van der Waals surface area contributed by atoms with Crippen molar-refractivity contribution in [1.82, 2.24) is 24.5 Å². The van der Waals surface area contributed by atoms with E-state index in [1.165, 1.54) is 0 Å². The molecule has 7 nitrogen and oxygen atoms in total. The van der Waals surface area contributed by atoms with Crippen molar-refractivity contribution in [2.45, 2.75) is 25.0 Å². The van der Waals surface area contributed by atoms with Gasteiger partial charge in [0.05, 0.1) is 5.69 Å². The number of hydrogen-bond acceptors (Lipinski definition) is 7. The summed E-state index contributed by atoms with van der Waals surface area (Å²) < 4.78 is 2.22. The van der Waals surface area contributed by atoms with E-state index in [1.54, 1.807) is 0 Å². The van der Waals surface area contributed by atoms with Gasteiger partial charge in [-0.1, -0.05) is 11.8 Å². The van der Waals surface area contributed by atoms with Crippen molar-refractivity contribution in [1.29, 1.82) is 0 Å². The van der Waals surface area contributed by atoms with Crippen LogP contribution >= 0.6 is 11.8 Å². The maximum atomic E-state index is 4.61. The number of aromatic nitrogens is 5. The van der Waals surface area contributed by atoms with E-state index in [-0.39, 0.29) is 0 Å². The summed E-state index contributed by atoms with van der Waals surface area (Å²) in [5.41, 5.74) is 1.11. The molecule has 0 saturated carbocycles. The highest BCUT2D eigenvalue weighted by Gasteiger charge is 2.14. The van der Waals surface area contributed by atoms with E-state index in [0.29, 0.717) is 17.7 Å². The van der Waals surface area contributed by atoms with Gasteiger partial charge in [-0.15, -0.1) is 0 Å². The number of fused-ring (bicyclic) bond motifs is 1. The number of nitrogens with zero attached hydrogens (tertiary/aromatic N) is 6. The van der Waals surface area contributed by atoms with Crippen molar-refractivity contribution < 1.29 is 0 Å². The standard InChI is InChI=1S/C13H19N7S/c1-9-15-11(18-12(16-9)19(2)3)14-5-4-10-8-20-6-7-21-13(20)17-10/h8H,4-7H2,1-3H3,(H,14,15,16,18). The van der Waals surface area contributed by atoms with Crippen molar-refractivity contribution in [2.24, 2.45) is 0 Å². The minimum Gasteiger partial charge on any atom is -0.354 e. The molecule has 8 heteroatoms. The zero-order valence-electron chi connectivity index (χ0n) is 12.5. The molecule has 0 bridgehead atoms. The fraction of sp³-hybridized carbons (Fsp3) is 0.538. The topological polar surface area (TPSA) is 71.8 Å². The van der Waals surface area contributed by atoms with Crippen LogP contribution in [0.15, 0.2) is 11.4 Å². The summed E-state index contributed by atoms with van der Waals surface area (Å²) in [7, 11) is 3.84. The van der Waals surface area contributed by atoms with Crippen LogP contribution in [0.1, 0.15) is 11.5 Å². The Morgan fingerprint density at radius 2 is 2.14 bits per heavy atom. The molecule has 3 rings (SSSR count). The van der Waals surface area contributed by atoms with Gasteiger partial charge in [0.2, 0.25) is 11.9 Å². The van der Waals surface area contributed by atoms with Gasteiger partial charge >= 0.3 is 0 Å². The molecular formula is C13H19N7S. The van der Waals surface area contributed by atoms with Gasteiger partial charge < -0.3 is 14.8 Å². The predicted molar refractivity (Wildman–Crippen MR) is 84.0 cm³/mol. The van der Waals surface area contributed by atoms with Crippen molar-refractivity contribution in [3.05, 3.63) is 17.7 Å². The first-order valence-electron chi connectivity index (χ1n) is 6.94. The molecule has 2 aromatic rings. The normalized spacial score (nSPS) is 13.3. The summed E-state index contributed by atoms with van der Waals surface area (Å²) in [6, 6.07) is 0. The fourth-order valence-electron chi connectivity index (χ4n) is 2.13. The molecule has 0 aliphatic carbocycles. The molecule has 0 spiro atoms. The molecule has 0 aromatic carbocycles. The molecule has 1 aliphatic rings. The molecule has 3 heterocycles. The monoisotopic (exact) mass is 305 g/mol. The van der Waals surface area contributed by atoms with E-state index in [2.05, 4.69) is 36.0 Å². The molecule has 0 unspecified atom stereocenters. The lowest BCUT2D eigenvalue weighted by atomic mass is 10.3. The van der Waals surface area contributed by atoms with Crippen molar-refractivity contribution in [3.8, 4) is 0 Å². The molecule has 112 valence electrons. The fourth-order valence-corrected chi connectivity index (χ4v) is 3.09. The van der Waals surface area contributed by atoms with Crippen LogP contribution in [0, 0.1) is 6.92 Å². The molecule has 1 aliphatic heterocycles. The lowest BCUT2D eigenvalue weighted by molar-refractivity contribution is 0.719. The van der Waals surface area contributed by atoms with E-state index in [4.69, 9.17) is 0 Å². The van der Waals surface area contributed by atoms with E-state index >= 15 is 0 Å². The Kier molecular flexibility index (Phi) is 3.96. The smallest absolute Gasteiger partial charge is 0.229 e. The zero-order valence-corrected chi connectivity index (χ0v) is 13.3. The van der Waals surface area contributed by atoms with Crippen LogP contribution < -0.4 is 10.2 Å². The van der Waals surface area contributed by atoms with Crippen LogP contribution in [0.25, 0.3) is 0 Å². The molecule has 1 N–H and O–H groups in total. The highest BCUT2D eigenvalue weighted by atomic mass is 32.2. The molecule has 0 atom stereocenters. The summed E-state index contributed by atoms with van der Waals surface area (Å²) >= 11 is 1.82. The van der Waals surface area contributed by atoms with Gasteiger partial charge in [-0.05, 0) is 6.92 Å². The lowest BCUT2D eigenvalue weighted by Crippen LogP contribution is -2.16. The number of nitrogens with one attached hydrogen (secondary N) is 1. The number of rotatable bonds is 5. The maximum absolute atomic E-state index is 4.61. The second-order valence-electron chi connectivity index (χ2n) is 5.13. The van der Waals surface area contributed by atoms with E-state index in [0.717, 1.165) is 36.1 Å². The average molecular weight is 305 g/mol. The van der Waals surface area contributed by atoms with Crippen molar-refractivity contribution >= 4 is 23.7 Å². The van der Waals surface area contributed by atoms with Crippen LogP contribution in [0.2, 0.25) is 0 Å². The number of hydrogen-bond donors (Lipinski definition) is 1. The third-order valence-corrected chi connectivity index (χ3v) is 4.12. The van der Waals surface area contributed by atoms with Gasteiger partial charge in [0, 0.05) is 45.6 Å². The maximum Gasteiger partial charge on any atom is 0.229 e. The Balaban J connectivity index is 1.59. The van der Waals surface area contributed by atoms with Gasteiger partial charge in [0.25, 0.3) is 0 Å². The SMILES string of the molecule is Cc1nc(NCCc2cn3c(n2)SCC3)nc(N(C)C)n1. The third-order valence-electron chi connectivity index (χ3n) is 3.15. The van der Waals surface area contributed by atoms with Gasteiger partial charge in [-0.2, -0.15) is 15.0 Å². The van der Waals surface area contributed by atoms with Crippen molar-refractivity contribution in [3.63, 3.8) is 0 Å². The van der Waals surface area contributed by atoms with Crippen LogP contribution in [0.3, 0.4) is 0 Å². The number of thioether (sulfide) groups is 1. The molecule has 2 aromatic heterocycles. The third kappa shape index (κ3) is 3.26. The first kappa shape index (κ1) is 14.1. The summed E-state index contributed by atoms with van der Waals surface area (Å²) in [4.78, 5) is 19.4. The van der Waals surface area contributed by atoms with Crippen LogP contribution in [0.5, 0.6) is 0 Å². The Morgan fingerprint density at radius 3 is 2.90 bits per heavy atom. The zero-order chi connectivity index (χ0) is 14.8. The Morgan fingerprint density at radius 1 is 1.29 bits per heavy atom. The molecule has 0 fully saturated rings. The first-order chi connectivity index (χ1) is 10.1. The Labute approximate surface area is 128 Å². The van der Waals surface area contributed by atoms with Crippen LogP contribution in [-0.2, 0) is 13.0 Å². The van der Waals surface area contributed by atoms with Gasteiger partial charge in [-0.3, -0.25) is 0 Å². The summed E-state index contributed by atoms with van der Waals surface area (Å²) in [5.74, 6) is 3.14. The van der Waals surface area contributed by atoms with Crippen LogP contribution in [-0.4, -0.2) is 50.9 Å². The predicted octanol–water partition coefficient (Wildman–Crippen LogP) is 1.20. The summed E-state index contributed by atoms with van der Waals surface area (Å²) in [6.45, 7) is 3.70. The highest BCUT2D eigenvalue weighted by molar-refractivity contribution is 7.99.